The van der Waals surface area contributed by atoms with E-state index in [1.54, 1.807) is 0 Å². The Morgan fingerprint density at radius 2 is 2.25 bits per heavy atom. The van der Waals surface area contributed by atoms with Crippen LogP contribution in [0.3, 0.4) is 0 Å². The number of nitrogens with two attached hydrogens (primary N) is 1. The Bertz CT molecular complexity index is 47.8. The molecule has 8 heavy (non-hydrogen) atoms. The van der Waals surface area contributed by atoms with E-state index in [0.717, 1.165) is 12.8 Å². The summed E-state index contributed by atoms with van der Waals surface area (Å²) >= 11 is 0. The number of hydrogen-bond donors (Lipinski definition) is 1. The maximum atomic E-state index is 12.2. The molecule has 0 saturated carbocycles. The van der Waals surface area contributed by atoms with E-state index in [-0.39, 0.29) is 6.54 Å². The Labute approximate surface area is 50.1 Å². The largest absolute Gasteiger partial charge is 0.328 e. The predicted octanol–water partition coefficient (Wildman–Crippen LogP) is 1.47. The van der Waals surface area contributed by atoms with E-state index in [1.807, 2.05) is 6.92 Å². The highest BCUT2D eigenvalue weighted by Gasteiger charge is 1.99. The third-order valence-corrected chi connectivity index (χ3v) is 1.13. The summed E-state index contributed by atoms with van der Waals surface area (Å²) in [6.07, 6.45) is 1.88. The van der Waals surface area contributed by atoms with Crippen molar-refractivity contribution in [1.29, 1.82) is 0 Å². The second kappa shape index (κ2) is 5.04. The molecule has 2 heteroatoms. The summed E-state index contributed by atoms with van der Waals surface area (Å²) in [7, 11) is 0. The number of rotatable bonds is 4. The summed E-state index contributed by atoms with van der Waals surface area (Å²) < 4.78 is 12.2. The van der Waals surface area contributed by atoms with Crippen LogP contribution in [-0.4, -0.2) is 12.7 Å². The van der Waals surface area contributed by atoms with Crippen molar-refractivity contribution in [2.24, 2.45) is 5.73 Å². The van der Waals surface area contributed by atoms with E-state index in [4.69, 9.17) is 5.73 Å². The summed E-state index contributed by atoms with van der Waals surface area (Å²) in [6, 6.07) is 0. The van der Waals surface area contributed by atoms with E-state index < -0.39 is 6.17 Å². The molecule has 0 rings (SSSR count). The molecule has 2 N–H and O–H groups in total. The van der Waals surface area contributed by atoms with Gasteiger partial charge in [-0.25, -0.2) is 4.39 Å². The van der Waals surface area contributed by atoms with Crippen molar-refractivity contribution < 1.29 is 4.39 Å². The minimum absolute atomic E-state index is 0.181. The number of alkyl halides is 1. The van der Waals surface area contributed by atoms with E-state index >= 15 is 0 Å². The maximum Gasteiger partial charge on any atom is 0.112 e. The van der Waals surface area contributed by atoms with Crippen molar-refractivity contribution >= 4 is 0 Å². The van der Waals surface area contributed by atoms with Crippen LogP contribution >= 0.6 is 0 Å². The van der Waals surface area contributed by atoms with Crippen molar-refractivity contribution in [2.45, 2.75) is 32.4 Å². The lowest BCUT2D eigenvalue weighted by molar-refractivity contribution is 0.315. The van der Waals surface area contributed by atoms with Crippen molar-refractivity contribution in [3.63, 3.8) is 0 Å². The minimum atomic E-state index is -0.769. The zero-order valence-corrected chi connectivity index (χ0v) is 5.36. The molecule has 0 spiro atoms. The monoisotopic (exact) mass is 119 g/mol. The standard InChI is InChI=1S/C6H14FN/c1-2-3-4-6(7)5-8/h6H,2-5,8H2,1H3/t6-/m1/s1. The summed E-state index contributed by atoms with van der Waals surface area (Å²) in [5.74, 6) is 0. The van der Waals surface area contributed by atoms with Crippen LogP contribution in [0.1, 0.15) is 26.2 Å². The zero-order valence-electron chi connectivity index (χ0n) is 5.36. The molecule has 0 aromatic heterocycles. The van der Waals surface area contributed by atoms with Crippen LogP contribution in [0.25, 0.3) is 0 Å². The predicted molar refractivity (Wildman–Crippen MR) is 33.5 cm³/mol. The molecule has 0 aliphatic heterocycles. The fourth-order valence-electron chi connectivity index (χ4n) is 0.543. The SMILES string of the molecule is CCCC[C@@H](F)CN. The highest BCUT2D eigenvalue weighted by Crippen LogP contribution is 2.01. The van der Waals surface area contributed by atoms with Gasteiger partial charge >= 0.3 is 0 Å². The van der Waals surface area contributed by atoms with Crippen LogP contribution in [0, 0.1) is 0 Å². The molecule has 0 saturated heterocycles. The number of hydrogen-bond acceptors (Lipinski definition) is 1. The van der Waals surface area contributed by atoms with Gasteiger partial charge in [-0.1, -0.05) is 19.8 Å². The first-order chi connectivity index (χ1) is 3.81. The first-order valence-electron chi connectivity index (χ1n) is 3.15. The number of halogens is 1. The third kappa shape index (κ3) is 4.06. The van der Waals surface area contributed by atoms with Crippen LogP contribution in [0.5, 0.6) is 0 Å². The molecule has 50 valence electrons. The van der Waals surface area contributed by atoms with Crippen molar-refractivity contribution in [2.75, 3.05) is 6.54 Å². The number of unbranched alkanes of at least 4 members (excludes halogenated alkanes) is 1. The maximum absolute atomic E-state index is 12.2. The Morgan fingerprint density at radius 3 is 2.62 bits per heavy atom. The molecule has 0 bridgehead atoms. The summed E-state index contributed by atoms with van der Waals surface area (Å²) in [5.41, 5.74) is 5.04. The molecule has 1 atom stereocenters. The summed E-state index contributed by atoms with van der Waals surface area (Å²) in [6.45, 7) is 2.23. The molecule has 0 fully saturated rings. The van der Waals surface area contributed by atoms with Crippen LogP contribution in [0.15, 0.2) is 0 Å². The molecule has 0 radical (unpaired) electrons. The molecule has 0 aromatic rings. The molecule has 0 unspecified atom stereocenters. The third-order valence-electron chi connectivity index (χ3n) is 1.13. The minimum Gasteiger partial charge on any atom is -0.328 e. The fraction of sp³-hybridized carbons (Fsp3) is 1.00. The quantitative estimate of drug-likeness (QED) is 0.596. The van der Waals surface area contributed by atoms with Gasteiger partial charge < -0.3 is 5.73 Å². The van der Waals surface area contributed by atoms with E-state index in [9.17, 15) is 4.39 Å². The first-order valence-corrected chi connectivity index (χ1v) is 3.15. The van der Waals surface area contributed by atoms with Crippen LogP contribution in [0.2, 0.25) is 0 Å². The van der Waals surface area contributed by atoms with Gasteiger partial charge in [0.2, 0.25) is 0 Å². The van der Waals surface area contributed by atoms with Gasteiger partial charge in [0, 0.05) is 6.54 Å². The van der Waals surface area contributed by atoms with Gasteiger partial charge in [0.05, 0.1) is 0 Å². The summed E-state index contributed by atoms with van der Waals surface area (Å²) in [4.78, 5) is 0. The van der Waals surface area contributed by atoms with Crippen LogP contribution < -0.4 is 5.73 Å². The van der Waals surface area contributed by atoms with Crippen molar-refractivity contribution in [3.8, 4) is 0 Å². The van der Waals surface area contributed by atoms with Crippen LogP contribution in [-0.2, 0) is 0 Å². The normalized spacial score (nSPS) is 13.9. The molecular weight excluding hydrogens is 105 g/mol. The highest BCUT2D eigenvalue weighted by atomic mass is 19.1. The second-order valence-corrected chi connectivity index (χ2v) is 1.98. The Hall–Kier alpha value is -0.110. The summed E-state index contributed by atoms with van der Waals surface area (Å²) in [5, 5.41) is 0. The topological polar surface area (TPSA) is 26.0 Å². The smallest absolute Gasteiger partial charge is 0.112 e. The zero-order chi connectivity index (χ0) is 6.41. The first kappa shape index (κ1) is 7.89. The molecule has 0 aliphatic rings. The molecule has 1 nitrogen and oxygen atoms in total. The van der Waals surface area contributed by atoms with Crippen molar-refractivity contribution in [1.82, 2.24) is 0 Å². The Morgan fingerprint density at radius 1 is 1.62 bits per heavy atom. The van der Waals surface area contributed by atoms with Gasteiger partial charge in [-0.2, -0.15) is 0 Å². The second-order valence-electron chi connectivity index (χ2n) is 1.98. The van der Waals surface area contributed by atoms with Gasteiger partial charge in [0.25, 0.3) is 0 Å². The van der Waals surface area contributed by atoms with Crippen LogP contribution in [0.4, 0.5) is 4.39 Å². The van der Waals surface area contributed by atoms with E-state index in [1.165, 1.54) is 0 Å². The molecule has 0 aromatic carbocycles. The van der Waals surface area contributed by atoms with E-state index in [2.05, 4.69) is 0 Å². The Balaban J connectivity index is 2.86. The lowest BCUT2D eigenvalue weighted by Gasteiger charge is -2.00. The lowest BCUT2D eigenvalue weighted by Crippen LogP contribution is -2.14. The van der Waals surface area contributed by atoms with Gasteiger partial charge in [0.15, 0.2) is 0 Å². The average molecular weight is 119 g/mol. The van der Waals surface area contributed by atoms with Crippen molar-refractivity contribution in [3.05, 3.63) is 0 Å². The van der Waals surface area contributed by atoms with Gasteiger partial charge in [0.1, 0.15) is 6.17 Å². The van der Waals surface area contributed by atoms with Gasteiger partial charge in [-0.05, 0) is 6.42 Å². The molecule has 0 heterocycles. The van der Waals surface area contributed by atoms with E-state index in [0.29, 0.717) is 6.42 Å². The Kier molecular flexibility index (Phi) is 4.97. The molecular formula is C6H14FN. The molecule has 0 amide bonds. The highest BCUT2D eigenvalue weighted by molar-refractivity contribution is 4.54. The van der Waals surface area contributed by atoms with Gasteiger partial charge in [-0.15, -0.1) is 0 Å². The molecule has 0 aliphatic carbocycles. The average Bonchev–Trinajstić information content (AvgIpc) is 1.83. The lowest BCUT2D eigenvalue weighted by atomic mass is 10.2. The van der Waals surface area contributed by atoms with Gasteiger partial charge in [-0.3, -0.25) is 0 Å². The fourth-order valence-corrected chi connectivity index (χ4v) is 0.543.